The molecule has 3 N–H and O–H groups in total. The molecule has 1 fully saturated rings. The third-order valence-electron chi connectivity index (χ3n) is 3.21. The number of carboxylic acid groups (broad SMARTS) is 1. The molecule has 0 aromatic heterocycles. The van der Waals surface area contributed by atoms with Gasteiger partial charge in [0.25, 0.3) is 0 Å². The van der Waals surface area contributed by atoms with Crippen LogP contribution in [-0.2, 0) is 11.3 Å². The largest absolute Gasteiger partial charge is 0.480 e. The van der Waals surface area contributed by atoms with Crippen LogP contribution in [0, 0.1) is 0 Å². The Balaban J connectivity index is 1.98. The highest BCUT2D eigenvalue weighted by molar-refractivity contribution is 6.31. The highest BCUT2D eigenvalue weighted by Crippen LogP contribution is 2.19. The van der Waals surface area contributed by atoms with E-state index in [2.05, 4.69) is 5.32 Å². The Morgan fingerprint density at radius 1 is 1.40 bits per heavy atom. The van der Waals surface area contributed by atoms with Crippen LogP contribution < -0.4 is 5.32 Å². The average molecular weight is 299 g/mol. The number of nitrogens with one attached hydrogen (secondary N) is 1. The molecule has 0 bridgehead atoms. The third kappa shape index (κ3) is 3.20. The number of aliphatic carboxylic acids is 1. The van der Waals surface area contributed by atoms with E-state index in [4.69, 9.17) is 16.7 Å². The first kappa shape index (κ1) is 14.6. The highest BCUT2D eigenvalue weighted by Gasteiger charge is 2.38. The Morgan fingerprint density at radius 2 is 2.10 bits per heavy atom. The van der Waals surface area contributed by atoms with Crippen LogP contribution in [0.15, 0.2) is 24.3 Å². The molecule has 0 unspecified atom stereocenters. The quantitative estimate of drug-likeness (QED) is 0.778. The second kappa shape index (κ2) is 6.11. The van der Waals surface area contributed by atoms with E-state index in [1.54, 1.807) is 24.3 Å². The van der Waals surface area contributed by atoms with Crippen LogP contribution in [0.5, 0.6) is 0 Å². The van der Waals surface area contributed by atoms with Gasteiger partial charge in [-0.3, -0.25) is 0 Å². The zero-order chi connectivity index (χ0) is 14.7. The smallest absolute Gasteiger partial charge is 0.326 e. The van der Waals surface area contributed by atoms with Crippen molar-refractivity contribution in [3.63, 3.8) is 0 Å². The molecule has 1 saturated heterocycles. The Kier molecular flexibility index (Phi) is 4.46. The molecule has 1 heterocycles. The van der Waals surface area contributed by atoms with Crippen LogP contribution in [0.3, 0.4) is 0 Å². The van der Waals surface area contributed by atoms with E-state index in [9.17, 15) is 14.7 Å². The van der Waals surface area contributed by atoms with Crippen LogP contribution in [0.1, 0.15) is 12.0 Å². The molecule has 6 nitrogen and oxygen atoms in total. The Hall–Kier alpha value is -1.79. The van der Waals surface area contributed by atoms with Gasteiger partial charge in [-0.2, -0.15) is 0 Å². The average Bonchev–Trinajstić information content (AvgIpc) is 2.80. The van der Waals surface area contributed by atoms with Gasteiger partial charge in [0.2, 0.25) is 0 Å². The van der Waals surface area contributed by atoms with Crippen molar-refractivity contribution in [1.82, 2.24) is 10.2 Å². The number of β-amino-alcohol motifs (C(OH)–C–C–N with tert-alkyl or cyclic N) is 1. The summed E-state index contributed by atoms with van der Waals surface area (Å²) in [4.78, 5) is 24.2. The fourth-order valence-electron chi connectivity index (χ4n) is 2.19. The lowest BCUT2D eigenvalue weighted by molar-refractivity contribution is -0.141. The van der Waals surface area contributed by atoms with Crippen molar-refractivity contribution in [3.05, 3.63) is 34.9 Å². The van der Waals surface area contributed by atoms with Crippen molar-refractivity contribution in [3.8, 4) is 0 Å². The summed E-state index contributed by atoms with van der Waals surface area (Å²) in [6, 6.07) is 5.56. The monoisotopic (exact) mass is 298 g/mol. The number of amides is 2. The summed E-state index contributed by atoms with van der Waals surface area (Å²) in [6.45, 7) is 0.225. The van der Waals surface area contributed by atoms with Gasteiger partial charge in [0.1, 0.15) is 6.04 Å². The molecule has 108 valence electrons. The first-order valence-electron chi connectivity index (χ1n) is 6.17. The Bertz CT molecular complexity index is 523. The van der Waals surface area contributed by atoms with E-state index in [-0.39, 0.29) is 19.5 Å². The number of hydrogen-bond acceptors (Lipinski definition) is 3. The molecule has 0 spiro atoms. The number of likely N-dealkylation sites (tertiary alicyclic amines) is 1. The minimum atomic E-state index is -1.12. The third-order valence-corrected chi connectivity index (χ3v) is 3.58. The molecule has 7 heteroatoms. The normalized spacial score (nSPS) is 21.8. The number of carbonyl (C=O) groups is 2. The number of aliphatic hydroxyl groups excluding tert-OH is 1. The molecule has 1 aliphatic heterocycles. The van der Waals surface area contributed by atoms with Gasteiger partial charge < -0.3 is 20.4 Å². The van der Waals surface area contributed by atoms with Crippen LogP contribution in [0.25, 0.3) is 0 Å². The van der Waals surface area contributed by atoms with Gasteiger partial charge in [-0.15, -0.1) is 0 Å². The van der Waals surface area contributed by atoms with E-state index in [1.807, 2.05) is 0 Å². The molecule has 1 aliphatic rings. The fourth-order valence-corrected chi connectivity index (χ4v) is 2.39. The van der Waals surface area contributed by atoms with Crippen LogP contribution in [0.4, 0.5) is 4.79 Å². The topological polar surface area (TPSA) is 89.9 Å². The molecule has 1 aromatic rings. The summed E-state index contributed by atoms with van der Waals surface area (Å²) in [6.07, 6.45) is -0.753. The fraction of sp³-hybridized carbons (Fsp3) is 0.385. The van der Waals surface area contributed by atoms with Gasteiger partial charge in [0, 0.05) is 24.5 Å². The maximum absolute atomic E-state index is 12.0. The number of aliphatic hydroxyl groups is 1. The Morgan fingerprint density at radius 3 is 2.75 bits per heavy atom. The number of hydrogen-bond donors (Lipinski definition) is 3. The lowest BCUT2D eigenvalue weighted by atomic mass is 10.2. The lowest BCUT2D eigenvalue weighted by Crippen LogP contribution is -2.45. The molecule has 2 atom stereocenters. The summed E-state index contributed by atoms with van der Waals surface area (Å²) in [7, 11) is 0. The molecule has 20 heavy (non-hydrogen) atoms. The SMILES string of the molecule is O=C(O)[C@H]1C[C@@H](O)CN1C(=O)NCc1ccccc1Cl. The Labute approximate surface area is 121 Å². The number of nitrogens with zero attached hydrogens (tertiary/aromatic N) is 1. The first-order chi connectivity index (χ1) is 9.49. The number of benzene rings is 1. The second-order valence-electron chi connectivity index (χ2n) is 4.65. The van der Waals surface area contributed by atoms with Gasteiger partial charge in [-0.25, -0.2) is 9.59 Å². The van der Waals surface area contributed by atoms with E-state index < -0.39 is 24.1 Å². The minimum Gasteiger partial charge on any atom is -0.480 e. The van der Waals surface area contributed by atoms with E-state index in [1.165, 1.54) is 0 Å². The van der Waals surface area contributed by atoms with Gasteiger partial charge >= 0.3 is 12.0 Å². The van der Waals surface area contributed by atoms with Crippen molar-refractivity contribution >= 4 is 23.6 Å². The maximum atomic E-state index is 12.0. The summed E-state index contributed by atoms with van der Waals surface area (Å²) in [5.41, 5.74) is 0.745. The van der Waals surface area contributed by atoms with Crippen molar-refractivity contribution in [2.24, 2.45) is 0 Å². The van der Waals surface area contributed by atoms with E-state index >= 15 is 0 Å². The minimum absolute atomic E-state index is 0.0192. The summed E-state index contributed by atoms with van der Waals surface area (Å²) in [5, 5.41) is 21.7. The number of halogens is 1. The van der Waals surface area contributed by atoms with Crippen LogP contribution >= 0.6 is 11.6 Å². The molecule has 1 aromatic carbocycles. The van der Waals surface area contributed by atoms with Gasteiger partial charge in [0.15, 0.2) is 0 Å². The predicted molar refractivity (Wildman–Crippen MR) is 72.4 cm³/mol. The van der Waals surface area contributed by atoms with Crippen LogP contribution in [0.2, 0.25) is 5.02 Å². The number of urea groups is 1. The number of rotatable bonds is 3. The van der Waals surface area contributed by atoms with Gasteiger partial charge in [-0.1, -0.05) is 29.8 Å². The molecule has 0 aliphatic carbocycles. The summed E-state index contributed by atoms with van der Waals surface area (Å²) in [5.74, 6) is -1.12. The second-order valence-corrected chi connectivity index (χ2v) is 5.05. The van der Waals surface area contributed by atoms with Gasteiger partial charge in [0.05, 0.1) is 6.10 Å². The number of carboxylic acids is 1. The highest BCUT2D eigenvalue weighted by atomic mass is 35.5. The molecule has 0 saturated carbocycles. The molecular formula is C13H15ClN2O4. The van der Waals surface area contributed by atoms with E-state index in [0.29, 0.717) is 5.02 Å². The molecule has 2 amide bonds. The van der Waals surface area contributed by atoms with Gasteiger partial charge in [-0.05, 0) is 11.6 Å². The van der Waals surface area contributed by atoms with Crippen molar-refractivity contribution in [2.45, 2.75) is 25.1 Å². The van der Waals surface area contributed by atoms with Crippen molar-refractivity contribution in [1.29, 1.82) is 0 Å². The van der Waals surface area contributed by atoms with Crippen molar-refractivity contribution in [2.75, 3.05) is 6.54 Å². The summed E-state index contributed by atoms with van der Waals surface area (Å²) >= 11 is 5.97. The molecule has 2 rings (SSSR count). The molecule has 0 radical (unpaired) electrons. The standard InChI is InChI=1S/C13H15ClN2O4/c14-10-4-2-1-3-8(10)6-15-13(20)16-7-9(17)5-11(16)12(18)19/h1-4,9,11,17H,5-7H2,(H,15,20)(H,18,19)/t9-,11-/m1/s1. The zero-order valence-electron chi connectivity index (χ0n) is 10.6. The summed E-state index contributed by atoms with van der Waals surface area (Å²) < 4.78 is 0. The molecular weight excluding hydrogens is 284 g/mol. The first-order valence-corrected chi connectivity index (χ1v) is 6.55. The van der Waals surface area contributed by atoms with Crippen molar-refractivity contribution < 1.29 is 19.8 Å². The lowest BCUT2D eigenvalue weighted by Gasteiger charge is -2.21. The number of carbonyl (C=O) groups excluding carboxylic acids is 1. The predicted octanol–water partition coefficient (Wildman–Crippen LogP) is 1.07. The van der Waals surface area contributed by atoms with E-state index in [0.717, 1.165) is 10.5 Å². The maximum Gasteiger partial charge on any atom is 0.326 e. The zero-order valence-corrected chi connectivity index (χ0v) is 11.4. The van der Waals surface area contributed by atoms with Crippen LogP contribution in [-0.4, -0.2) is 45.8 Å².